The molecule has 3 aromatic rings. The molecule has 5 heteroatoms. The van der Waals surface area contributed by atoms with E-state index in [1.165, 1.54) is 4.88 Å². The molecule has 4 nitrogen and oxygen atoms in total. The van der Waals surface area contributed by atoms with Gasteiger partial charge < -0.3 is 5.32 Å². The molecule has 3 heterocycles. The topological polar surface area (TPSA) is 42.2 Å². The Morgan fingerprint density at radius 2 is 2.32 bits per heavy atom. The van der Waals surface area contributed by atoms with Gasteiger partial charge in [-0.1, -0.05) is 19.9 Å². The summed E-state index contributed by atoms with van der Waals surface area (Å²) in [5.41, 5.74) is 3.01. The van der Waals surface area contributed by atoms with Gasteiger partial charge in [-0.05, 0) is 11.4 Å². The number of hydrogen-bond acceptors (Lipinski definition) is 4. The number of hydrogen-bond donors (Lipinski definition) is 1. The van der Waals surface area contributed by atoms with E-state index in [9.17, 15) is 0 Å². The Balaban J connectivity index is 1.91. The maximum absolute atomic E-state index is 4.58. The number of fused-ring (bicyclic) bond motifs is 1. The molecule has 0 aliphatic carbocycles. The zero-order chi connectivity index (χ0) is 13.2. The molecule has 0 radical (unpaired) electrons. The van der Waals surface area contributed by atoms with Gasteiger partial charge in [0.25, 0.3) is 0 Å². The average molecular weight is 272 g/mol. The van der Waals surface area contributed by atoms with Gasteiger partial charge in [-0.2, -0.15) is 5.10 Å². The van der Waals surface area contributed by atoms with Crippen molar-refractivity contribution in [2.45, 2.75) is 26.4 Å². The highest BCUT2D eigenvalue weighted by Crippen LogP contribution is 2.23. The molecule has 0 saturated carbocycles. The van der Waals surface area contributed by atoms with Crippen molar-refractivity contribution < 1.29 is 0 Å². The molecule has 0 unspecified atom stereocenters. The van der Waals surface area contributed by atoms with Crippen molar-refractivity contribution in [3.8, 4) is 10.6 Å². The van der Waals surface area contributed by atoms with Gasteiger partial charge in [0.2, 0.25) is 0 Å². The smallest absolute Gasteiger partial charge is 0.155 e. The molecular weight excluding hydrogens is 256 g/mol. The fourth-order valence-electron chi connectivity index (χ4n) is 1.87. The van der Waals surface area contributed by atoms with Crippen LogP contribution in [0.15, 0.2) is 36.0 Å². The lowest BCUT2D eigenvalue weighted by molar-refractivity contribution is 0.586. The zero-order valence-corrected chi connectivity index (χ0v) is 11.8. The molecule has 0 aliphatic rings. The van der Waals surface area contributed by atoms with Crippen LogP contribution >= 0.6 is 11.3 Å². The van der Waals surface area contributed by atoms with Crippen LogP contribution in [0.4, 0.5) is 0 Å². The SMILES string of the molecule is CC(C)NCc1cnc2cc(-c3cccs3)nn2c1. The average Bonchev–Trinajstić information content (AvgIpc) is 3.04. The third-order valence-electron chi connectivity index (χ3n) is 2.85. The van der Waals surface area contributed by atoms with E-state index in [4.69, 9.17) is 0 Å². The van der Waals surface area contributed by atoms with Gasteiger partial charge >= 0.3 is 0 Å². The Kier molecular flexibility index (Phi) is 3.31. The molecule has 3 rings (SSSR count). The summed E-state index contributed by atoms with van der Waals surface area (Å²) in [7, 11) is 0. The van der Waals surface area contributed by atoms with E-state index in [1.54, 1.807) is 11.3 Å². The van der Waals surface area contributed by atoms with Crippen molar-refractivity contribution in [3.05, 3.63) is 41.5 Å². The molecule has 0 aromatic carbocycles. The van der Waals surface area contributed by atoms with E-state index in [1.807, 2.05) is 29.0 Å². The van der Waals surface area contributed by atoms with Gasteiger partial charge in [-0.3, -0.25) is 0 Å². The maximum Gasteiger partial charge on any atom is 0.155 e. The van der Waals surface area contributed by atoms with Gasteiger partial charge in [-0.25, -0.2) is 9.50 Å². The van der Waals surface area contributed by atoms with Gasteiger partial charge in [0.15, 0.2) is 5.65 Å². The molecular formula is C14H16N4S. The largest absolute Gasteiger partial charge is 0.310 e. The number of nitrogens with zero attached hydrogens (tertiary/aromatic N) is 3. The summed E-state index contributed by atoms with van der Waals surface area (Å²) in [6.45, 7) is 5.08. The molecule has 0 bridgehead atoms. The first-order valence-electron chi connectivity index (χ1n) is 6.34. The number of rotatable bonds is 4. The normalized spacial score (nSPS) is 11.5. The summed E-state index contributed by atoms with van der Waals surface area (Å²) >= 11 is 1.69. The van der Waals surface area contributed by atoms with Crippen LogP contribution in [0.3, 0.4) is 0 Å². The minimum absolute atomic E-state index is 0.468. The first-order valence-corrected chi connectivity index (χ1v) is 7.22. The van der Waals surface area contributed by atoms with E-state index >= 15 is 0 Å². The highest BCUT2D eigenvalue weighted by molar-refractivity contribution is 7.13. The molecule has 0 aliphatic heterocycles. The van der Waals surface area contributed by atoms with E-state index < -0.39 is 0 Å². The minimum Gasteiger partial charge on any atom is -0.310 e. The van der Waals surface area contributed by atoms with E-state index in [0.29, 0.717) is 6.04 Å². The van der Waals surface area contributed by atoms with Gasteiger partial charge in [0.1, 0.15) is 5.69 Å². The number of aromatic nitrogens is 3. The van der Waals surface area contributed by atoms with Crippen LogP contribution in [-0.4, -0.2) is 20.6 Å². The first kappa shape index (κ1) is 12.3. The van der Waals surface area contributed by atoms with Gasteiger partial charge in [-0.15, -0.1) is 11.3 Å². The van der Waals surface area contributed by atoms with Crippen LogP contribution in [0.1, 0.15) is 19.4 Å². The molecule has 0 fully saturated rings. The van der Waals surface area contributed by atoms with Crippen molar-refractivity contribution >= 4 is 17.0 Å². The van der Waals surface area contributed by atoms with E-state index in [-0.39, 0.29) is 0 Å². The van der Waals surface area contributed by atoms with E-state index in [2.05, 4.69) is 40.7 Å². The number of nitrogens with one attached hydrogen (secondary N) is 1. The molecule has 0 spiro atoms. The lowest BCUT2D eigenvalue weighted by atomic mass is 10.3. The Hall–Kier alpha value is -1.72. The molecule has 0 atom stereocenters. The van der Waals surface area contributed by atoms with Crippen LogP contribution in [0.2, 0.25) is 0 Å². The minimum atomic E-state index is 0.468. The van der Waals surface area contributed by atoms with Crippen LogP contribution < -0.4 is 5.32 Å². The zero-order valence-electron chi connectivity index (χ0n) is 11.0. The summed E-state index contributed by atoms with van der Waals surface area (Å²) in [4.78, 5) is 5.63. The van der Waals surface area contributed by atoms with Crippen LogP contribution in [0, 0.1) is 0 Å². The van der Waals surface area contributed by atoms with Gasteiger partial charge in [0.05, 0.1) is 4.88 Å². The van der Waals surface area contributed by atoms with Crippen LogP contribution in [0.5, 0.6) is 0 Å². The standard InChI is InChI=1S/C14H16N4S/c1-10(2)15-7-11-8-16-14-6-12(17-18(14)9-11)13-4-3-5-19-13/h3-6,8-10,15H,7H2,1-2H3. The third-order valence-corrected chi connectivity index (χ3v) is 3.75. The van der Waals surface area contributed by atoms with Gasteiger partial charge in [0, 0.05) is 36.6 Å². The summed E-state index contributed by atoms with van der Waals surface area (Å²) in [5, 5.41) is 10.0. The highest BCUT2D eigenvalue weighted by Gasteiger charge is 2.06. The summed E-state index contributed by atoms with van der Waals surface area (Å²) in [5.74, 6) is 0. The molecule has 1 N–H and O–H groups in total. The summed E-state index contributed by atoms with van der Waals surface area (Å²) in [6.07, 6.45) is 3.94. The molecule has 0 saturated heterocycles. The predicted molar refractivity (Wildman–Crippen MR) is 78.3 cm³/mol. The van der Waals surface area contributed by atoms with Crippen molar-refractivity contribution in [2.75, 3.05) is 0 Å². The fourth-order valence-corrected chi connectivity index (χ4v) is 2.55. The Morgan fingerprint density at radius 3 is 3.05 bits per heavy atom. The second-order valence-corrected chi connectivity index (χ2v) is 5.76. The van der Waals surface area contributed by atoms with Crippen molar-refractivity contribution in [3.63, 3.8) is 0 Å². The second kappa shape index (κ2) is 5.11. The Morgan fingerprint density at radius 1 is 1.42 bits per heavy atom. The first-order chi connectivity index (χ1) is 9.22. The maximum atomic E-state index is 4.58. The molecule has 0 amide bonds. The van der Waals surface area contributed by atoms with Crippen molar-refractivity contribution in [1.82, 2.24) is 19.9 Å². The van der Waals surface area contributed by atoms with Crippen molar-refractivity contribution in [1.29, 1.82) is 0 Å². The molecule has 19 heavy (non-hydrogen) atoms. The van der Waals surface area contributed by atoms with Crippen LogP contribution in [-0.2, 0) is 6.54 Å². The summed E-state index contributed by atoms with van der Waals surface area (Å²) < 4.78 is 1.85. The predicted octanol–water partition coefficient (Wildman–Crippen LogP) is 2.96. The summed E-state index contributed by atoms with van der Waals surface area (Å²) in [6, 6.07) is 6.60. The monoisotopic (exact) mass is 272 g/mol. The van der Waals surface area contributed by atoms with E-state index in [0.717, 1.165) is 23.4 Å². The third kappa shape index (κ3) is 2.67. The molecule has 3 aromatic heterocycles. The Labute approximate surface area is 116 Å². The fraction of sp³-hybridized carbons (Fsp3) is 0.286. The lowest BCUT2D eigenvalue weighted by Crippen LogP contribution is -2.22. The molecule has 98 valence electrons. The quantitative estimate of drug-likeness (QED) is 0.794. The van der Waals surface area contributed by atoms with Crippen LogP contribution in [0.25, 0.3) is 16.2 Å². The highest BCUT2D eigenvalue weighted by atomic mass is 32.1. The van der Waals surface area contributed by atoms with Crippen molar-refractivity contribution in [2.24, 2.45) is 0 Å². The number of thiophene rings is 1. The second-order valence-electron chi connectivity index (χ2n) is 4.81. The Bertz CT molecular complexity index is 670. The lowest BCUT2D eigenvalue weighted by Gasteiger charge is -2.07.